The number of fused-ring (bicyclic) bond motifs is 1. The number of amides is 2. The van der Waals surface area contributed by atoms with E-state index in [9.17, 15) is 31.5 Å². The third kappa shape index (κ3) is 7.12. The first kappa shape index (κ1) is 28.8. The lowest BCUT2D eigenvalue weighted by Crippen LogP contribution is -2.42. The molecule has 3 heterocycles. The highest BCUT2D eigenvalue weighted by atomic mass is 19.4. The predicted molar refractivity (Wildman–Crippen MR) is 144 cm³/mol. The maximum Gasteiger partial charge on any atom is 0.573 e. The van der Waals surface area contributed by atoms with E-state index in [1.165, 1.54) is 35.2 Å². The first-order valence-corrected chi connectivity index (χ1v) is 12.9. The van der Waals surface area contributed by atoms with Crippen LogP contribution < -0.4 is 10.1 Å². The molecule has 218 valence electrons. The van der Waals surface area contributed by atoms with Crippen molar-refractivity contribution in [1.82, 2.24) is 15.2 Å². The van der Waals surface area contributed by atoms with E-state index in [2.05, 4.69) is 15.0 Å². The van der Waals surface area contributed by atoms with Gasteiger partial charge in [0, 0.05) is 55.4 Å². The Bertz CT molecular complexity index is 1610. The average Bonchev–Trinajstić information content (AvgIpc) is 3.38. The minimum atomic E-state index is -4.99. The zero-order valence-electron chi connectivity index (χ0n) is 22.0. The van der Waals surface area contributed by atoms with Gasteiger partial charge in [0.05, 0.1) is 6.54 Å². The number of alkyl halides is 5. The summed E-state index contributed by atoms with van der Waals surface area (Å²) in [6, 6.07) is 13.8. The SMILES string of the molecule is O=C(C=Cc1cccnc1)NCc1cc2cc(-c3ccc(C(=O)N4CCC(F)(F)CC4)cc3)cc(OC(F)(F)F)c2o1. The van der Waals surface area contributed by atoms with E-state index in [0.29, 0.717) is 22.1 Å². The van der Waals surface area contributed by atoms with Crippen LogP contribution in [0.5, 0.6) is 5.75 Å². The van der Waals surface area contributed by atoms with Crippen LogP contribution in [0.2, 0.25) is 0 Å². The van der Waals surface area contributed by atoms with Crippen molar-refractivity contribution >= 4 is 28.9 Å². The van der Waals surface area contributed by atoms with Gasteiger partial charge in [-0.25, -0.2) is 8.78 Å². The number of carbonyl (C=O) groups excluding carboxylic acids is 2. The molecule has 0 saturated carbocycles. The lowest BCUT2D eigenvalue weighted by atomic mass is 10.0. The Hall–Kier alpha value is -4.74. The summed E-state index contributed by atoms with van der Waals surface area (Å²) in [5, 5.41) is 2.91. The largest absolute Gasteiger partial charge is 0.573 e. The summed E-state index contributed by atoms with van der Waals surface area (Å²) in [6.07, 6.45) is 0.227. The van der Waals surface area contributed by atoms with Gasteiger partial charge in [0.2, 0.25) is 5.91 Å². The number of rotatable bonds is 7. The van der Waals surface area contributed by atoms with Crippen molar-refractivity contribution in [2.45, 2.75) is 31.7 Å². The van der Waals surface area contributed by atoms with Crippen molar-refractivity contribution in [3.05, 3.63) is 90.0 Å². The maximum absolute atomic E-state index is 13.5. The highest BCUT2D eigenvalue weighted by Crippen LogP contribution is 2.37. The van der Waals surface area contributed by atoms with Crippen LogP contribution in [0.15, 0.2) is 77.5 Å². The molecule has 12 heteroatoms. The molecule has 2 aromatic heterocycles. The fraction of sp³-hybridized carbons (Fsp3) is 0.233. The van der Waals surface area contributed by atoms with E-state index in [1.807, 2.05) is 0 Å². The van der Waals surface area contributed by atoms with Crippen LogP contribution in [0.1, 0.15) is 34.5 Å². The first-order chi connectivity index (χ1) is 20.0. The van der Waals surface area contributed by atoms with Crippen LogP contribution in [-0.4, -0.2) is 47.1 Å². The summed E-state index contributed by atoms with van der Waals surface area (Å²) >= 11 is 0. The zero-order valence-corrected chi connectivity index (χ0v) is 22.0. The Morgan fingerprint density at radius 2 is 1.79 bits per heavy atom. The summed E-state index contributed by atoms with van der Waals surface area (Å²) in [6.45, 7) is -0.218. The number of piperidine rings is 1. The van der Waals surface area contributed by atoms with Crippen LogP contribution in [0, 0.1) is 0 Å². The molecule has 0 atom stereocenters. The molecule has 5 rings (SSSR count). The number of furan rings is 1. The predicted octanol–water partition coefficient (Wildman–Crippen LogP) is 6.59. The second-order valence-corrected chi connectivity index (χ2v) is 9.72. The van der Waals surface area contributed by atoms with E-state index in [4.69, 9.17) is 4.42 Å². The van der Waals surface area contributed by atoms with Gasteiger partial charge in [-0.1, -0.05) is 18.2 Å². The molecule has 4 aromatic rings. The van der Waals surface area contributed by atoms with E-state index in [1.54, 1.807) is 48.8 Å². The molecule has 1 aliphatic rings. The van der Waals surface area contributed by atoms with Gasteiger partial charge in [-0.3, -0.25) is 14.6 Å². The third-order valence-electron chi connectivity index (χ3n) is 6.65. The summed E-state index contributed by atoms with van der Waals surface area (Å²) in [5.41, 5.74) is 1.68. The molecule has 42 heavy (non-hydrogen) atoms. The molecule has 7 nitrogen and oxygen atoms in total. The first-order valence-electron chi connectivity index (χ1n) is 12.9. The molecular weight excluding hydrogens is 561 g/mol. The van der Waals surface area contributed by atoms with Gasteiger partial charge in [0.25, 0.3) is 11.8 Å². The number of hydrogen-bond donors (Lipinski definition) is 1. The number of benzene rings is 2. The Labute approximate surface area is 236 Å². The summed E-state index contributed by atoms with van der Waals surface area (Å²) < 4.78 is 76.5. The van der Waals surface area contributed by atoms with Crippen molar-refractivity contribution in [2.24, 2.45) is 0 Å². The average molecular weight is 586 g/mol. The van der Waals surface area contributed by atoms with Crippen molar-refractivity contribution in [2.75, 3.05) is 13.1 Å². The molecule has 1 aliphatic heterocycles. The Morgan fingerprint density at radius 3 is 2.45 bits per heavy atom. The molecule has 1 saturated heterocycles. The van der Waals surface area contributed by atoms with Gasteiger partial charge in [0.1, 0.15) is 5.76 Å². The van der Waals surface area contributed by atoms with Crippen molar-refractivity contribution in [1.29, 1.82) is 0 Å². The van der Waals surface area contributed by atoms with E-state index >= 15 is 0 Å². The molecule has 0 radical (unpaired) electrons. The smallest absolute Gasteiger partial charge is 0.455 e. The Balaban J connectivity index is 1.34. The number of nitrogens with one attached hydrogen (secondary N) is 1. The number of nitrogens with zero attached hydrogens (tertiary/aromatic N) is 2. The minimum absolute atomic E-state index is 0.0630. The fourth-order valence-corrected chi connectivity index (χ4v) is 4.53. The standard InChI is InChI=1S/C30H24F5N3O4/c31-29(32)9-12-38(13-10-29)28(40)21-6-4-20(5-7-21)22-14-23-15-24(41-27(23)25(16-22)42-30(33,34)35)18-37-26(39)8-3-19-2-1-11-36-17-19/h1-8,11,14-17H,9-10,12-13,18H2,(H,37,39). The minimum Gasteiger partial charge on any atom is -0.455 e. The quantitative estimate of drug-likeness (QED) is 0.195. The van der Waals surface area contributed by atoms with Crippen LogP contribution in [-0.2, 0) is 11.3 Å². The van der Waals surface area contributed by atoms with Crippen LogP contribution >= 0.6 is 0 Å². The molecule has 2 amide bonds. The highest BCUT2D eigenvalue weighted by molar-refractivity contribution is 5.95. The van der Waals surface area contributed by atoms with Gasteiger partial charge in [-0.15, -0.1) is 13.2 Å². The Kier molecular flexibility index (Phi) is 7.97. The molecular formula is C30H24F5N3O4. The Morgan fingerprint density at radius 1 is 1.05 bits per heavy atom. The topological polar surface area (TPSA) is 84.7 Å². The summed E-state index contributed by atoms with van der Waals surface area (Å²) in [7, 11) is 0. The second-order valence-electron chi connectivity index (χ2n) is 9.72. The molecule has 0 spiro atoms. The van der Waals surface area contributed by atoms with E-state index < -0.39 is 42.7 Å². The third-order valence-corrected chi connectivity index (χ3v) is 6.65. The van der Waals surface area contributed by atoms with Gasteiger partial charge < -0.3 is 19.4 Å². The molecule has 0 unspecified atom stereocenters. The van der Waals surface area contributed by atoms with Crippen LogP contribution in [0.3, 0.4) is 0 Å². The van der Waals surface area contributed by atoms with Crippen molar-refractivity contribution < 1.29 is 40.7 Å². The molecule has 2 aromatic carbocycles. The number of likely N-dealkylation sites (tertiary alicyclic amines) is 1. The molecule has 1 N–H and O–H groups in total. The molecule has 0 bridgehead atoms. The van der Waals surface area contributed by atoms with E-state index in [-0.39, 0.29) is 36.5 Å². The number of halogens is 5. The van der Waals surface area contributed by atoms with Gasteiger partial charge in [0.15, 0.2) is 11.3 Å². The van der Waals surface area contributed by atoms with Gasteiger partial charge in [-0.05, 0) is 59.2 Å². The monoisotopic (exact) mass is 585 g/mol. The number of pyridine rings is 1. The van der Waals surface area contributed by atoms with Gasteiger partial charge >= 0.3 is 6.36 Å². The lowest BCUT2D eigenvalue weighted by Gasteiger charge is -2.31. The summed E-state index contributed by atoms with van der Waals surface area (Å²) in [4.78, 5) is 30.3. The van der Waals surface area contributed by atoms with E-state index in [0.717, 1.165) is 0 Å². The van der Waals surface area contributed by atoms with Crippen molar-refractivity contribution in [3.63, 3.8) is 0 Å². The molecule has 0 aliphatic carbocycles. The van der Waals surface area contributed by atoms with Gasteiger partial charge in [-0.2, -0.15) is 0 Å². The van der Waals surface area contributed by atoms with Crippen molar-refractivity contribution in [3.8, 4) is 16.9 Å². The number of ether oxygens (including phenoxy) is 1. The number of carbonyl (C=O) groups is 2. The number of hydrogen-bond acceptors (Lipinski definition) is 5. The number of aromatic nitrogens is 1. The second kappa shape index (κ2) is 11.6. The van der Waals surface area contributed by atoms with Crippen LogP contribution in [0.4, 0.5) is 22.0 Å². The molecule has 1 fully saturated rings. The highest BCUT2D eigenvalue weighted by Gasteiger charge is 2.36. The zero-order chi connectivity index (χ0) is 29.9. The fourth-order valence-electron chi connectivity index (χ4n) is 4.53. The maximum atomic E-state index is 13.5. The van der Waals surface area contributed by atoms with Crippen LogP contribution in [0.25, 0.3) is 28.2 Å². The normalized spacial score (nSPS) is 15.2. The summed E-state index contributed by atoms with van der Waals surface area (Å²) in [5.74, 6) is -4.00. The lowest BCUT2D eigenvalue weighted by molar-refractivity contribution is -0.274.